The average Bonchev–Trinajstić information content (AvgIpc) is 3.13. The standard InChI is InChI=1S/C19H27FN2O2/c20-17-6-1-4-15(14-17)5-2-10-21-19(23)22-11-8-16(9-12-22)18-7-3-13-24-18/h1,4,6,14,16,18H,2-3,5,7-13H2,(H,21,23)/t18-/m0/s1. The molecule has 0 aromatic heterocycles. The summed E-state index contributed by atoms with van der Waals surface area (Å²) < 4.78 is 18.9. The number of benzene rings is 1. The van der Waals surface area contributed by atoms with Crippen LogP contribution in [0.1, 0.15) is 37.7 Å². The van der Waals surface area contributed by atoms with Gasteiger partial charge in [0, 0.05) is 26.2 Å². The fourth-order valence-electron chi connectivity index (χ4n) is 3.74. The summed E-state index contributed by atoms with van der Waals surface area (Å²) in [6.07, 6.45) is 6.46. The van der Waals surface area contributed by atoms with Gasteiger partial charge in [-0.1, -0.05) is 12.1 Å². The molecule has 4 nitrogen and oxygen atoms in total. The van der Waals surface area contributed by atoms with Crippen LogP contribution in [0.3, 0.4) is 0 Å². The van der Waals surface area contributed by atoms with Crippen LogP contribution < -0.4 is 5.32 Å². The number of carbonyl (C=O) groups is 1. The third-order valence-corrected chi connectivity index (χ3v) is 5.13. The van der Waals surface area contributed by atoms with Gasteiger partial charge in [0.2, 0.25) is 0 Å². The summed E-state index contributed by atoms with van der Waals surface area (Å²) in [5.74, 6) is 0.412. The molecule has 5 heteroatoms. The Bertz CT molecular complexity index is 538. The van der Waals surface area contributed by atoms with Crippen LogP contribution in [0.5, 0.6) is 0 Å². The van der Waals surface area contributed by atoms with Gasteiger partial charge in [-0.15, -0.1) is 0 Å². The van der Waals surface area contributed by atoms with Gasteiger partial charge in [0.1, 0.15) is 5.82 Å². The Morgan fingerprint density at radius 3 is 2.83 bits per heavy atom. The molecule has 0 bridgehead atoms. The molecule has 132 valence electrons. The van der Waals surface area contributed by atoms with Gasteiger partial charge in [-0.25, -0.2) is 9.18 Å². The molecule has 1 aromatic rings. The molecule has 3 rings (SSSR count). The van der Waals surface area contributed by atoms with Crippen LogP contribution in [-0.4, -0.2) is 43.3 Å². The SMILES string of the molecule is O=C(NCCCc1cccc(F)c1)N1CCC([C@@H]2CCCO2)CC1. The molecule has 0 unspecified atom stereocenters. The lowest BCUT2D eigenvalue weighted by atomic mass is 9.90. The number of amides is 2. The number of piperidine rings is 1. The summed E-state index contributed by atoms with van der Waals surface area (Å²) >= 11 is 0. The number of hydrogen-bond acceptors (Lipinski definition) is 2. The first-order valence-electron chi connectivity index (χ1n) is 9.11. The lowest BCUT2D eigenvalue weighted by Gasteiger charge is -2.34. The van der Waals surface area contributed by atoms with E-state index in [1.807, 2.05) is 11.0 Å². The van der Waals surface area contributed by atoms with Crippen molar-refractivity contribution in [2.45, 2.75) is 44.6 Å². The van der Waals surface area contributed by atoms with Gasteiger partial charge >= 0.3 is 6.03 Å². The summed E-state index contributed by atoms with van der Waals surface area (Å²) in [7, 11) is 0. The van der Waals surface area contributed by atoms with Crippen molar-refractivity contribution in [1.29, 1.82) is 0 Å². The Kier molecular flexibility index (Phi) is 6.07. The molecule has 1 aromatic carbocycles. The van der Waals surface area contributed by atoms with E-state index < -0.39 is 0 Å². The molecular formula is C19H27FN2O2. The smallest absolute Gasteiger partial charge is 0.317 e. The van der Waals surface area contributed by atoms with Gasteiger partial charge in [-0.2, -0.15) is 0 Å². The number of hydrogen-bond donors (Lipinski definition) is 1. The second-order valence-corrected chi connectivity index (χ2v) is 6.84. The van der Waals surface area contributed by atoms with Crippen molar-refractivity contribution in [2.24, 2.45) is 5.92 Å². The van der Waals surface area contributed by atoms with E-state index in [0.29, 0.717) is 18.6 Å². The Hall–Kier alpha value is -1.62. The zero-order valence-corrected chi connectivity index (χ0v) is 14.2. The van der Waals surface area contributed by atoms with Gasteiger partial charge in [0.25, 0.3) is 0 Å². The van der Waals surface area contributed by atoms with Gasteiger partial charge in [0.05, 0.1) is 6.10 Å². The molecule has 0 saturated carbocycles. The number of urea groups is 1. The molecule has 2 fully saturated rings. The Morgan fingerprint density at radius 2 is 2.12 bits per heavy atom. The quantitative estimate of drug-likeness (QED) is 0.839. The van der Waals surface area contributed by atoms with Crippen LogP contribution in [-0.2, 0) is 11.2 Å². The van der Waals surface area contributed by atoms with E-state index >= 15 is 0 Å². The van der Waals surface area contributed by atoms with Crippen molar-refractivity contribution in [3.8, 4) is 0 Å². The normalized spacial score (nSPS) is 21.9. The maximum Gasteiger partial charge on any atom is 0.317 e. The highest BCUT2D eigenvalue weighted by Crippen LogP contribution is 2.28. The first kappa shape index (κ1) is 17.2. The number of nitrogens with one attached hydrogen (secondary N) is 1. The van der Waals surface area contributed by atoms with Crippen molar-refractivity contribution in [3.05, 3.63) is 35.6 Å². The van der Waals surface area contributed by atoms with E-state index in [-0.39, 0.29) is 11.8 Å². The minimum absolute atomic E-state index is 0.0278. The molecular weight excluding hydrogens is 307 g/mol. The second-order valence-electron chi connectivity index (χ2n) is 6.84. The number of likely N-dealkylation sites (tertiary alicyclic amines) is 1. The summed E-state index contributed by atoms with van der Waals surface area (Å²) in [6.45, 7) is 3.16. The zero-order valence-electron chi connectivity index (χ0n) is 14.2. The molecule has 1 N–H and O–H groups in total. The first-order chi connectivity index (χ1) is 11.7. The van der Waals surface area contributed by atoms with Crippen LogP contribution in [0.2, 0.25) is 0 Å². The molecule has 0 radical (unpaired) electrons. The number of ether oxygens (including phenoxy) is 1. The molecule has 2 heterocycles. The minimum Gasteiger partial charge on any atom is -0.378 e. The summed E-state index contributed by atoms with van der Waals surface area (Å²) in [5.41, 5.74) is 0.974. The van der Waals surface area contributed by atoms with Crippen LogP contribution in [0, 0.1) is 11.7 Å². The van der Waals surface area contributed by atoms with E-state index in [1.54, 1.807) is 12.1 Å². The van der Waals surface area contributed by atoms with Crippen molar-refractivity contribution < 1.29 is 13.9 Å². The first-order valence-corrected chi connectivity index (χ1v) is 9.11. The summed E-state index contributed by atoms with van der Waals surface area (Å²) in [6, 6.07) is 6.67. The maximum atomic E-state index is 13.1. The molecule has 2 aliphatic rings. The highest BCUT2D eigenvalue weighted by molar-refractivity contribution is 5.74. The molecule has 0 aliphatic carbocycles. The topological polar surface area (TPSA) is 41.6 Å². The summed E-state index contributed by atoms with van der Waals surface area (Å²) in [4.78, 5) is 14.1. The fraction of sp³-hybridized carbons (Fsp3) is 0.632. The Morgan fingerprint density at radius 1 is 1.29 bits per heavy atom. The third kappa shape index (κ3) is 4.69. The third-order valence-electron chi connectivity index (χ3n) is 5.13. The van der Waals surface area contributed by atoms with E-state index in [4.69, 9.17) is 4.74 Å². The van der Waals surface area contributed by atoms with Gasteiger partial charge < -0.3 is 15.0 Å². The molecule has 1 atom stereocenters. The zero-order chi connectivity index (χ0) is 16.8. The fourth-order valence-corrected chi connectivity index (χ4v) is 3.74. The van der Waals surface area contributed by atoms with Gasteiger partial charge in [-0.05, 0) is 62.1 Å². The molecule has 2 amide bonds. The Labute approximate surface area is 143 Å². The van der Waals surface area contributed by atoms with Crippen LogP contribution in [0.4, 0.5) is 9.18 Å². The predicted molar refractivity (Wildman–Crippen MR) is 91.4 cm³/mol. The lowest BCUT2D eigenvalue weighted by Crippen LogP contribution is -2.46. The van der Waals surface area contributed by atoms with Crippen LogP contribution >= 0.6 is 0 Å². The number of rotatable bonds is 5. The van der Waals surface area contributed by atoms with E-state index in [0.717, 1.165) is 50.9 Å². The molecule has 2 saturated heterocycles. The van der Waals surface area contributed by atoms with E-state index in [1.165, 1.54) is 18.9 Å². The van der Waals surface area contributed by atoms with Gasteiger partial charge in [0.15, 0.2) is 0 Å². The largest absolute Gasteiger partial charge is 0.378 e. The van der Waals surface area contributed by atoms with Crippen LogP contribution in [0.25, 0.3) is 0 Å². The number of halogens is 1. The van der Waals surface area contributed by atoms with E-state index in [9.17, 15) is 9.18 Å². The van der Waals surface area contributed by atoms with Crippen molar-refractivity contribution in [2.75, 3.05) is 26.2 Å². The molecule has 0 spiro atoms. The van der Waals surface area contributed by atoms with Crippen molar-refractivity contribution >= 4 is 6.03 Å². The predicted octanol–water partition coefficient (Wildman–Crippen LogP) is 3.36. The monoisotopic (exact) mass is 334 g/mol. The van der Waals surface area contributed by atoms with Crippen molar-refractivity contribution in [3.63, 3.8) is 0 Å². The number of aryl methyl sites for hydroxylation is 1. The van der Waals surface area contributed by atoms with E-state index in [2.05, 4.69) is 5.32 Å². The molecule has 2 aliphatic heterocycles. The maximum absolute atomic E-state index is 13.1. The van der Waals surface area contributed by atoms with Gasteiger partial charge in [-0.3, -0.25) is 0 Å². The van der Waals surface area contributed by atoms with Crippen LogP contribution in [0.15, 0.2) is 24.3 Å². The second kappa shape index (κ2) is 8.47. The minimum atomic E-state index is -0.203. The summed E-state index contributed by atoms with van der Waals surface area (Å²) in [5, 5.41) is 2.98. The van der Waals surface area contributed by atoms with Crippen molar-refractivity contribution in [1.82, 2.24) is 10.2 Å². The number of carbonyl (C=O) groups excluding carboxylic acids is 1. The Balaban J connectivity index is 1.32. The molecule has 24 heavy (non-hydrogen) atoms. The average molecular weight is 334 g/mol. The lowest BCUT2D eigenvalue weighted by molar-refractivity contribution is 0.0372. The highest BCUT2D eigenvalue weighted by atomic mass is 19.1. The highest BCUT2D eigenvalue weighted by Gasteiger charge is 2.30. The number of nitrogens with zero attached hydrogens (tertiary/aromatic N) is 1.